The molecule has 3 nitrogen and oxygen atoms in total. The number of aliphatic carboxylic acids is 1. The standard InChI is InChI=1S/C14H15NO2/c15-10-14(13(16)17)8-4-7-12(9-14)11-5-2-1-3-6-11/h1-8H,9-10,15H2,(H,16,17). The largest absolute Gasteiger partial charge is 0.481 e. The maximum absolute atomic E-state index is 11.3. The smallest absolute Gasteiger partial charge is 0.315 e. The fraction of sp³-hybridized carbons (Fsp3) is 0.214. The number of benzene rings is 1. The second kappa shape index (κ2) is 4.55. The third kappa shape index (κ3) is 2.15. The van der Waals surface area contributed by atoms with Gasteiger partial charge in [0, 0.05) is 6.54 Å². The Morgan fingerprint density at radius 3 is 2.65 bits per heavy atom. The second-order valence-electron chi connectivity index (χ2n) is 4.26. The number of carbonyl (C=O) groups is 1. The van der Waals surface area contributed by atoms with Gasteiger partial charge in [0.1, 0.15) is 5.41 Å². The van der Waals surface area contributed by atoms with Crippen molar-refractivity contribution >= 4 is 11.5 Å². The number of rotatable bonds is 3. The van der Waals surface area contributed by atoms with E-state index in [1.807, 2.05) is 36.4 Å². The van der Waals surface area contributed by atoms with E-state index < -0.39 is 11.4 Å². The first-order chi connectivity index (χ1) is 8.18. The van der Waals surface area contributed by atoms with Crippen molar-refractivity contribution in [1.82, 2.24) is 0 Å². The molecular weight excluding hydrogens is 214 g/mol. The Morgan fingerprint density at radius 2 is 2.06 bits per heavy atom. The quantitative estimate of drug-likeness (QED) is 0.833. The number of hydrogen-bond donors (Lipinski definition) is 2. The summed E-state index contributed by atoms with van der Waals surface area (Å²) < 4.78 is 0. The van der Waals surface area contributed by atoms with Crippen molar-refractivity contribution in [1.29, 1.82) is 0 Å². The molecule has 1 unspecified atom stereocenters. The van der Waals surface area contributed by atoms with Crippen LogP contribution in [0.5, 0.6) is 0 Å². The summed E-state index contributed by atoms with van der Waals surface area (Å²) >= 11 is 0. The van der Waals surface area contributed by atoms with Gasteiger partial charge in [-0.3, -0.25) is 4.79 Å². The lowest BCUT2D eigenvalue weighted by molar-refractivity contribution is -0.145. The molecule has 0 spiro atoms. The van der Waals surface area contributed by atoms with E-state index in [0.29, 0.717) is 6.42 Å². The number of allylic oxidation sites excluding steroid dienone is 3. The molecular formula is C14H15NO2. The second-order valence-corrected chi connectivity index (χ2v) is 4.26. The minimum absolute atomic E-state index is 0.114. The van der Waals surface area contributed by atoms with Gasteiger partial charge < -0.3 is 10.8 Å². The Bertz CT molecular complexity index is 476. The summed E-state index contributed by atoms with van der Waals surface area (Å²) in [6, 6.07) is 9.79. The fourth-order valence-corrected chi connectivity index (χ4v) is 2.03. The molecule has 1 aliphatic carbocycles. The van der Waals surface area contributed by atoms with E-state index in [-0.39, 0.29) is 6.54 Å². The predicted molar refractivity (Wildman–Crippen MR) is 67.3 cm³/mol. The van der Waals surface area contributed by atoms with E-state index >= 15 is 0 Å². The van der Waals surface area contributed by atoms with Gasteiger partial charge in [0.2, 0.25) is 0 Å². The Labute approximate surface area is 100 Å². The van der Waals surface area contributed by atoms with Crippen LogP contribution in [0.3, 0.4) is 0 Å². The zero-order chi connectivity index (χ0) is 12.3. The molecule has 3 heteroatoms. The summed E-state index contributed by atoms with van der Waals surface area (Å²) in [7, 11) is 0. The average molecular weight is 229 g/mol. The van der Waals surface area contributed by atoms with Gasteiger partial charge in [-0.15, -0.1) is 0 Å². The molecule has 0 saturated heterocycles. The monoisotopic (exact) mass is 229 g/mol. The Kier molecular flexibility index (Phi) is 3.11. The van der Waals surface area contributed by atoms with E-state index in [9.17, 15) is 9.90 Å². The number of hydrogen-bond acceptors (Lipinski definition) is 2. The van der Waals surface area contributed by atoms with Crippen molar-refractivity contribution in [2.75, 3.05) is 6.54 Å². The lowest BCUT2D eigenvalue weighted by Gasteiger charge is -2.28. The lowest BCUT2D eigenvalue weighted by Crippen LogP contribution is -2.37. The van der Waals surface area contributed by atoms with Crippen molar-refractivity contribution < 1.29 is 9.90 Å². The summed E-state index contributed by atoms with van der Waals surface area (Å²) in [4.78, 5) is 11.3. The molecule has 0 saturated carbocycles. The van der Waals surface area contributed by atoms with E-state index in [2.05, 4.69) is 0 Å². The van der Waals surface area contributed by atoms with Gasteiger partial charge >= 0.3 is 5.97 Å². The molecule has 1 aromatic carbocycles. The molecule has 0 radical (unpaired) electrons. The molecule has 0 fully saturated rings. The molecule has 0 heterocycles. The molecule has 0 bridgehead atoms. The van der Waals surface area contributed by atoms with Crippen LogP contribution < -0.4 is 5.73 Å². The Balaban J connectivity index is 2.32. The molecule has 0 amide bonds. The van der Waals surface area contributed by atoms with Gasteiger partial charge in [-0.2, -0.15) is 0 Å². The summed E-state index contributed by atoms with van der Waals surface area (Å²) in [6.07, 6.45) is 5.86. The van der Waals surface area contributed by atoms with Gasteiger partial charge in [0.25, 0.3) is 0 Å². The van der Waals surface area contributed by atoms with E-state index in [0.717, 1.165) is 11.1 Å². The van der Waals surface area contributed by atoms with Gasteiger partial charge in [0.15, 0.2) is 0 Å². The van der Waals surface area contributed by atoms with E-state index in [1.54, 1.807) is 12.2 Å². The van der Waals surface area contributed by atoms with E-state index in [4.69, 9.17) is 5.73 Å². The lowest BCUT2D eigenvalue weighted by atomic mass is 9.77. The molecule has 3 N–H and O–H groups in total. The molecule has 1 atom stereocenters. The normalized spacial score (nSPS) is 23.2. The van der Waals surface area contributed by atoms with Crippen LogP contribution in [0.15, 0.2) is 48.6 Å². The minimum Gasteiger partial charge on any atom is -0.481 e. The first kappa shape index (κ1) is 11.6. The third-order valence-electron chi connectivity index (χ3n) is 3.15. The van der Waals surface area contributed by atoms with Gasteiger partial charge in [-0.05, 0) is 17.6 Å². The first-order valence-electron chi connectivity index (χ1n) is 5.55. The number of nitrogens with two attached hydrogens (primary N) is 1. The maximum atomic E-state index is 11.3. The van der Waals surface area contributed by atoms with Crippen LogP contribution >= 0.6 is 0 Å². The molecule has 0 aliphatic heterocycles. The molecule has 17 heavy (non-hydrogen) atoms. The van der Waals surface area contributed by atoms with Crippen LogP contribution in [0, 0.1) is 5.41 Å². The molecule has 0 aromatic heterocycles. The van der Waals surface area contributed by atoms with Crippen LogP contribution in [-0.4, -0.2) is 17.6 Å². The fourth-order valence-electron chi connectivity index (χ4n) is 2.03. The third-order valence-corrected chi connectivity index (χ3v) is 3.15. The molecule has 1 aliphatic rings. The SMILES string of the molecule is NCC1(C(=O)O)C=CC=C(c2ccccc2)C1. The number of carboxylic acid groups (broad SMARTS) is 1. The topological polar surface area (TPSA) is 63.3 Å². The van der Waals surface area contributed by atoms with Crippen molar-refractivity contribution in [2.45, 2.75) is 6.42 Å². The van der Waals surface area contributed by atoms with Crippen LogP contribution in [0.4, 0.5) is 0 Å². The molecule has 1 aromatic rings. The highest BCUT2D eigenvalue weighted by Gasteiger charge is 2.36. The summed E-state index contributed by atoms with van der Waals surface area (Å²) in [5.41, 5.74) is 6.73. The zero-order valence-electron chi connectivity index (χ0n) is 9.47. The molecule has 88 valence electrons. The van der Waals surface area contributed by atoms with Crippen molar-refractivity contribution in [2.24, 2.45) is 11.1 Å². The van der Waals surface area contributed by atoms with Crippen molar-refractivity contribution in [3.05, 3.63) is 54.1 Å². The van der Waals surface area contributed by atoms with Gasteiger partial charge in [0.05, 0.1) is 0 Å². The number of carboxylic acids is 1. The average Bonchev–Trinajstić information content (AvgIpc) is 2.39. The Hall–Kier alpha value is -1.87. The summed E-state index contributed by atoms with van der Waals surface area (Å²) in [6.45, 7) is 0.114. The first-order valence-corrected chi connectivity index (χ1v) is 5.55. The minimum atomic E-state index is -0.958. The van der Waals surface area contributed by atoms with Crippen molar-refractivity contribution in [3.63, 3.8) is 0 Å². The van der Waals surface area contributed by atoms with Gasteiger partial charge in [-0.25, -0.2) is 0 Å². The van der Waals surface area contributed by atoms with E-state index in [1.165, 1.54) is 0 Å². The highest BCUT2D eigenvalue weighted by atomic mass is 16.4. The van der Waals surface area contributed by atoms with Crippen LogP contribution in [0.1, 0.15) is 12.0 Å². The van der Waals surface area contributed by atoms with Crippen molar-refractivity contribution in [3.8, 4) is 0 Å². The highest BCUT2D eigenvalue weighted by molar-refractivity contribution is 5.83. The highest BCUT2D eigenvalue weighted by Crippen LogP contribution is 2.35. The van der Waals surface area contributed by atoms with Crippen LogP contribution in [0.2, 0.25) is 0 Å². The van der Waals surface area contributed by atoms with Crippen LogP contribution in [-0.2, 0) is 4.79 Å². The van der Waals surface area contributed by atoms with Crippen LogP contribution in [0.25, 0.3) is 5.57 Å². The molecule has 2 rings (SSSR count). The predicted octanol–water partition coefficient (Wildman–Crippen LogP) is 2.06. The van der Waals surface area contributed by atoms with Gasteiger partial charge in [-0.1, -0.05) is 48.6 Å². The zero-order valence-corrected chi connectivity index (χ0v) is 9.47. The summed E-state index contributed by atoms with van der Waals surface area (Å²) in [5.74, 6) is -0.863. The summed E-state index contributed by atoms with van der Waals surface area (Å²) in [5, 5.41) is 9.29. The Morgan fingerprint density at radius 1 is 1.35 bits per heavy atom. The maximum Gasteiger partial charge on any atom is 0.315 e.